The molecule has 188 valence electrons. The third-order valence-corrected chi connectivity index (χ3v) is 6.31. The summed E-state index contributed by atoms with van der Waals surface area (Å²) in [6.07, 6.45) is 3.61. The van der Waals surface area contributed by atoms with Gasteiger partial charge in [0.1, 0.15) is 11.4 Å². The standard InChI is InChI=1S/C30H26N6O2/c1-21-28(23-11-4-3-5-12-23)29-33-25(18-26(36(29)34-21)24-13-6-7-14-27(24)38-2)30(37)35(17-9-15-31)20-22-10-8-16-32-19-22/h3-8,10-14,16,18-19H,9,17,20H2,1-2H3. The fourth-order valence-corrected chi connectivity index (χ4v) is 4.54. The summed E-state index contributed by atoms with van der Waals surface area (Å²) in [6, 6.07) is 25.1. The van der Waals surface area contributed by atoms with Crippen LogP contribution in [-0.2, 0) is 6.54 Å². The average Bonchev–Trinajstić information content (AvgIpc) is 3.30. The SMILES string of the molecule is COc1ccccc1-c1cc(C(=O)N(CCC#N)Cc2cccnc2)nc2c(-c3ccccc3)c(C)nn12. The summed E-state index contributed by atoms with van der Waals surface area (Å²) in [5.74, 6) is 0.380. The number of rotatable bonds is 8. The highest BCUT2D eigenvalue weighted by Gasteiger charge is 2.24. The first-order chi connectivity index (χ1) is 18.6. The van der Waals surface area contributed by atoms with Crippen LogP contribution in [0.4, 0.5) is 0 Å². The Labute approximate surface area is 220 Å². The molecule has 3 heterocycles. The minimum absolute atomic E-state index is 0.203. The van der Waals surface area contributed by atoms with Crippen molar-refractivity contribution in [2.75, 3.05) is 13.7 Å². The highest BCUT2D eigenvalue weighted by atomic mass is 16.5. The molecule has 0 atom stereocenters. The number of benzene rings is 2. The molecule has 2 aromatic carbocycles. The van der Waals surface area contributed by atoms with Crippen molar-refractivity contribution in [2.24, 2.45) is 0 Å². The second-order valence-corrected chi connectivity index (χ2v) is 8.78. The second-order valence-electron chi connectivity index (χ2n) is 8.78. The number of hydrogen-bond acceptors (Lipinski definition) is 6. The summed E-state index contributed by atoms with van der Waals surface area (Å²) in [4.78, 5) is 24.6. The number of fused-ring (bicyclic) bond motifs is 1. The molecule has 8 nitrogen and oxygen atoms in total. The molecule has 0 aliphatic rings. The third kappa shape index (κ3) is 4.82. The predicted octanol–water partition coefficient (Wildman–Crippen LogP) is 5.33. The quantitative estimate of drug-likeness (QED) is 0.284. The number of hydrogen-bond donors (Lipinski definition) is 0. The summed E-state index contributed by atoms with van der Waals surface area (Å²) in [7, 11) is 1.62. The minimum atomic E-state index is -0.277. The van der Waals surface area contributed by atoms with Crippen molar-refractivity contribution in [1.82, 2.24) is 24.5 Å². The van der Waals surface area contributed by atoms with Gasteiger partial charge in [0.15, 0.2) is 5.65 Å². The number of carbonyl (C=O) groups excluding carboxylic acids is 1. The molecule has 8 heteroatoms. The number of nitrogens with zero attached hydrogens (tertiary/aromatic N) is 6. The number of carbonyl (C=O) groups is 1. The Kier molecular flexibility index (Phi) is 7.09. The van der Waals surface area contributed by atoms with Crippen molar-refractivity contribution in [2.45, 2.75) is 19.9 Å². The zero-order chi connectivity index (χ0) is 26.5. The molecule has 3 aromatic heterocycles. The highest BCUT2D eigenvalue weighted by molar-refractivity contribution is 5.95. The number of pyridine rings is 1. The first-order valence-electron chi connectivity index (χ1n) is 12.2. The van der Waals surface area contributed by atoms with E-state index in [4.69, 9.17) is 14.8 Å². The number of methoxy groups -OCH3 is 1. The average molecular weight is 503 g/mol. The molecule has 1 amide bonds. The molecule has 0 N–H and O–H groups in total. The molecular weight excluding hydrogens is 476 g/mol. The van der Waals surface area contributed by atoms with Crippen molar-refractivity contribution >= 4 is 11.6 Å². The number of para-hydroxylation sites is 1. The Balaban J connectivity index is 1.71. The fraction of sp³-hybridized carbons (Fsp3) is 0.167. The van der Waals surface area contributed by atoms with Crippen molar-refractivity contribution in [3.8, 4) is 34.2 Å². The van der Waals surface area contributed by atoms with Crippen molar-refractivity contribution in [3.63, 3.8) is 0 Å². The fourth-order valence-electron chi connectivity index (χ4n) is 4.54. The maximum Gasteiger partial charge on any atom is 0.272 e. The van der Waals surface area contributed by atoms with E-state index in [9.17, 15) is 10.1 Å². The highest BCUT2D eigenvalue weighted by Crippen LogP contribution is 2.34. The Morgan fingerprint density at radius 2 is 1.87 bits per heavy atom. The van der Waals surface area contributed by atoms with E-state index in [2.05, 4.69) is 11.1 Å². The van der Waals surface area contributed by atoms with Crippen LogP contribution in [0, 0.1) is 18.3 Å². The molecule has 0 aliphatic heterocycles. The normalized spacial score (nSPS) is 10.8. The number of nitriles is 1. The zero-order valence-electron chi connectivity index (χ0n) is 21.2. The van der Waals surface area contributed by atoms with Gasteiger partial charge < -0.3 is 9.64 Å². The van der Waals surface area contributed by atoms with E-state index in [1.54, 1.807) is 35.0 Å². The molecule has 0 fully saturated rings. The van der Waals surface area contributed by atoms with Gasteiger partial charge in [0.25, 0.3) is 5.91 Å². The van der Waals surface area contributed by atoms with E-state index in [0.717, 1.165) is 27.9 Å². The number of ether oxygens (including phenoxy) is 1. The monoisotopic (exact) mass is 502 g/mol. The lowest BCUT2D eigenvalue weighted by atomic mass is 10.1. The van der Waals surface area contributed by atoms with Crippen LogP contribution in [0.1, 0.15) is 28.2 Å². The molecule has 5 rings (SSSR count). The second kappa shape index (κ2) is 10.9. The van der Waals surface area contributed by atoms with Gasteiger partial charge in [0.05, 0.1) is 31.0 Å². The van der Waals surface area contributed by atoms with E-state index in [1.165, 1.54) is 0 Å². The van der Waals surface area contributed by atoms with E-state index in [1.807, 2.05) is 73.7 Å². The van der Waals surface area contributed by atoms with Gasteiger partial charge in [-0.2, -0.15) is 10.4 Å². The lowest BCUT2D eigenvalue weighted by Gasteiger charge is -2.22. The maximum atomic E-state index is 14.0. The lowest BCUT2D eigenvalue weighted by molar-refractivity contribution is 0.0741. The van der Waals surface area contributed by atoms with Crippen LogP contribution in [0.25, 0.3) is 28.0 Å². The largest absolute Gasteiger partial charge is 0.496 e. The van der Waals surface area contributed by atoms with Crippen molar-refractivity contribution in [3.05, 3.63) is 102 Å². The van der Waals surface area contributed by atoms with Gasteiger partial charge in [-0.3, -0.25) is 9.78 Å². The van der Waals surface area contributed by atoms with Crippen LogP contribution in [0.15, 0.2) is 85.2 Å². The van der Waals surface area contributed by atoms with Gasteiger partial charge in [-0.05, 0) is 42.3 Å². The predicted molar refractivity (Wildman–Crippen MR) is 144 cm³/mol. The van der Waals surface area contributed by atoms with Crippen LogP contribution in [0.3, 0.4) is 0 Å². The van der Waals surface area contributed by atoms with Gasteiger partial charge in [-0.1, -0.05) is 48.5 Å². The summed E-state index contributed by atoms with van der Waals surface area (Å²) < 4.78 is 7.42. The lowest BCUT2D eigenvalue weighted by Crippen LogP contribution is -2.32. The molecular formula is C30H26N6O2. The van der Waals surface area contributed by atoms with Crippen LogP contribution in [0.2, 0.25) is 0 Å². The summed E-state index contributed by atoms with van der Waals surface area (Å²) >= 11 is 0. The molecule has 5 aromatic rings. The summed E-state index contributed by atoms with van der Waals surface area (Å²) in [6.45, 7) is 2.52. The number of amides is 1. The molecule has 0 aliphatic carbocycles. The molecule has 0 radical (unpaired) electrons. The Bertz CT molecular complexity index is 1620. The van der Waals surface area contributed by atoms with Gasteiger partial charge in [-0.25, -0.2) is 9.50 Å². The van der Waals surface area contributed by atoms with Crippen molar-refractivity contribution < 1.29 is 9.53 Å². The summed E-state index contributed by atoms with van der Waals surface area (Å²) in [5, 5.41) is 14.1. The van der Waals surface area contributed by atoms with Crippen LogP contribution < -0.4 is 4.74 Å². The van der Waals surface area contributed by atoms with E-state index < -0.39 is 0 Å². The van der Waals surface area contributed by atoms with Gasteiger partial charge in [-0.15, -0.1) is 0 Å². The zero-order valence-corrected chi connectivity index (χ0v) is 21.2. The first kappa shape index (κ1) is 24.7. The van der Waals surface area contributed by atoms with Gasteiger partial charge in [0.2, 0.25) is 0 Å². The van der Waals surface area contributed by atoms with Gasteiger partial charge in [0, 0.05) is 36.6 Å². The number of aromatic nitrogens is 4. The Morgan fingerprint density at radius 1 is 1.08 bits per heavy atom. The molecule has 0 saturated carbocycles. The molecule has 38 heavy (non-hydrogen) atoms. The Hall–Kier alpha value is -5.03. The van der Waals surface area contributed by atoms with E-state index in [0.29, 0.717) is 23.6 Å². The van der Waals surface area contributed by atoms with Crippen LogP contribution in [-0.4, -0.2) is 44.0 Å². The maximum absolute atomic E-state index is 14.0. The molecule has 0 spiro atoms. The summed E-state index contributed by atoms with van der Waals surface area (Å²) in [5.41, 5.74) is 5.78. The van der Waals surface area contributed by atoms with Gasteiger partial charge >= 0.3 is 0 Å². The molecule has 0 unspecified atom stereocenters. The van der Waals surface area contributed by atoms with Crippen LogP contribution >= 0.6 is 0 Å². The van der Waals surface area contributed by atoms with Crippen LogP contribution in [0.5, 0.6) is 5.75 Å². The molecule has 0 saturated heterocycles. The first-order valence-corrected chi connectivity index (χ1v) is 12.2. The van der Waals surface area contributed by atoms with E-state index >= 15 is 0 Å². The smallest absolute Gasteiger partial charge is 0.272 e. The van der Waals surface area contributed by atoms with Crippen molar-refractivity contribution in [1.29, 1.82) is 5.26 Å². The minimum Gasteiger partial charge on any atom is -0.496 e. The van der Waals surface area contributed by atoms with E-state index in [-0.39, 0.29) is 24.6 Å². The Morgan fingerprint density at radius 3 is 2.61 bits per heavy atom. The topological polar surface area (TPSA) is 96.4 Å². The molecule has 0 bridgehead atoms. The third-order valence-electron chi connectivity index (χ3n) is 6.31. The number of aryl methyl sites for hydroxylation is 1.